The minimum Gasteiger partial charge on any atom is -0.466 e. The monoisotopic (exact) mass is 272 g/mol. The fourth-order valence-corrected chi connectivity index (χ4v) is 2.41. The molecule has 0 aliphatic carbocycles. The van der Waals surface area contributed by atoms with Crippen molar-refractivity contribution in [2.45, 2.75) is 32.3 Å². The van der Waals surface area contributed by atoms with Gasteiger partial charge in [0.25, 0.3) is 0 Å². The highest BCUT2D eigenvalue weighted by atomic mass is 16.5. The van der Waals surface area contributed by atoms with Gasteiger partial charge >= 0.3 is 5.97 Å². The van der Waals surface area contributed by atoms with Crippen molar-refractivity contribution in [3.05, 3.63) is 0 Å². The summed E-state index contributed by atoms with van der Waals surface area (Å²) in [6, 6.07) is 0. The van der Waals surface area contributed by atoms with Crippen LogP contribution in [0.2, 0.25) is 0 Å². The number of carbonyl (C=O) groups excluding carboxylic acids is 2. The zero-order valence-electron chi connectivity index (χ0n) is 11.7. The summed E-state index contributed by atoms with van der Waals surface area (Å²) in [7, 11) is 1.64. The van der Waals surface area contributed by atoms with Gasteiger partial charge in [-0.3, -0.25) is 14.5 Å². The molecule has 0 bridgehead atoms. The van der Waals surface area contributed by atoms with E-state index in [4.69, 9.17) is 4.74 Å². The van der Waals surface area contributed by atoms with Crippen LogP contribution in [0.3, 0.4) is 0 Å². The van der Waals surface area contributed by atoms with Crippen molar-refractivity contribution in [1.29, 1.82) is 0 Å². The van der Waals surface area contributed by atoms with Crippen LogP contribution in [0, 0.1) is 5.92 Å². The number of piperidine rings is 1. The van der Waals surface area contributed by atoms with E-state index in [0.29, 0.717) is 19.7 Å². The van der Waals surface area contributed by atoms with Crippen LogP contribution < -0.4 is 5.32 Å². The predicted molar refractivity (Wildman–Crippen MR) is 70.5 cm³/mol. The number of likely N-dealkylation sites (tertiary alicyclic amines) is 1. The number of β-amino-alcohol motifs (C(OH)–C–C–N with tert-alkyl or cyclic N) is 1. The van der Waals surface area contributed by atoms with Crippen LogP contribution in [-0.4, -0.2) is 61.3 Å². The van der Waals surface area contributed by atoms with Gasteiger partial charge in [-0.1, -0.05) is 0 Å². The molecule has 2 unspecified atom stereocenters. The molecule has 6 heteroatoms. The van der Waals surface area contributed by atoms with Crippen molar-refractivity contribution in [3.63, 3.8) is 0 Å². The van der Waals surface area contributed by atoms with Gasteiger partial charge in [0.05, 0.1) is 25.0 Å². The lowest BCUT2D eigenvalue weighted by atomic mass is 9.97. The summed E-state index contributed by atoms with van der Waals surface area (Å²) in [6.45, 7) is 3.97. The highest BCUT2D eigenvalue weighted by molar-refractivity contribution is 5.78. The standard InChI is InChI=1S/C13H24N2O4/c1-3-19-12(17)7-11(16)9-15-6-4-5-10(8-15)13(18)14-2/h10-11,16H,3-9H2,1-2H3,(H,14,18). The van der Waals surface area contributed by atoms with Crippen LogP contribution in [0.5, 0.6) is 0 Å². The second-order valence-corrected chi connectivity index (χ2v) is 4.88. The summed E-state index contributed by atoms with van der Waals surface area (Å²) in [4.78, 5) is 24.9. The summed E-state index contributed by atoms with van der Waals surface area (Å²) < 4.78 is 4.80. The molecule has 1 amide bonds. The second-order valence-electron chi connectivity index (χ2n) is 4.88. The number of aliphatic hydroxyl groups is 1. The number of aliphatic hydroxyl groups excluding tert-OH is 1. The molecule has 0 radical (unpaired) electrons. The number of ether oxygens (including phenoxy) is 1. The van der Waals surface area contributed by atoms with E-state index >= 15 is 0 Å². The van der Waals surface area contributed by atoms with Gasteiger partial charge in [-0.2, -0.15) is 0 Å². The first-order chi connectivity index (χ1) is 9.06. The maximum atomic E-state index is 11.6. The summed E-state index contributed by atoms with van der Waals surface area (Å²) in [5.74, 6) is -0.354. The third kappa shape index (κ3) is 5.57. The van der Waals surface area contributed by atoms with Crippen molar-refractivity contribution >= 4 is 11.9 Å². The molecule has 1 aliphatic heterocycles. The Hall–Kier alpha value is -1.14. The van der Waals surface area contributed by atoms with Crippen LogP contribution in [-0.2, 0) is 14.3 Å². The molecule has 0 spiro atoms. The molecule has 6 nitrogen and oxygen atoms in total. The molecule has 19 heavy (non-hydrogen) atoms. The molecule has 0 aromatic heterocycles. The summed E-state index contributed by atoms with van der Waals surface area (Å²) in [5, 5.41) is 12.5. The zero-order valence-corrected chi connectivity index (χ0v) is 11.7. The molecule has 2 N–H and O–H groups in total. The van der Waals surface area contributed by atoms with E-state index in [-0.39, 0.29) is 24.2 Å². The summed E-state index contributed by atoms with van der Waals surface area (Å²) in [5.41, 5.74) is 0. The van der Waals surface area contributed by atoms with E-state index in [9.17, 15) is 14.7 Å². The lowest BCUT2D eigenvalue weighted by Crippen LogP contribution is -2.45. The molecule has 0 aromatic carbocycles. The van der Waals surface area contributed by atoms with Gasteiger partial charge in [-0.05, 0) is 26.3 Å². The first-order valence-electron chi connectivity index (χ1n) is 6.84. The van der Waals surface area contributed by atoms with Crippen molar-refractivity contribution < 1.29 is 19.4 Å². The minimum atomic E-state index is -0.734. The molecule has 0 aromatic rings. The van der Waals surface area contributed by atoms with Gasteiger partial charge < -0.3 is 15.2 Å². The predicted octanol–water partition coefficient (Wildman–Crippen LogP) is -0.241. The normalized spacial score (nSPS) is 21.7. The van der Waals surface area contributed by atoms with Crippen molar-refractivity contribution in [1.82, 2.24) is 10.2 Å². The van der Waals surface area contributed by atoms with Crippen LogP contribution in [0.25, 0.3) is 0 Å². The molecular formula is C13H24N2O4. The third-order valence-corrected chi connectivity index (χ3v) is 3.30. The van der Waals surface area contributed by atoms with E-state index in [1.165, 1.54) is 0 Å². The number of rotatable bonds is 6. The van der Waals surface area contributed by atoms with Gasteiger partial charge in [-0.15, -0.1) is 0 Å². The van der Waals surface area contributed by atoms with E-state index in [1.54, 1.807) is 14.0 Å². The Labute approximate surface area is 114 Å². The van der Waals surface area contributed by atoms with E-state index in [2.05, 4.69) is 5.32 Å². The van der Waals surface area contributed by atoms with Crippen LogP contribution in [0.4, 0.5) is 0 Å². The third-order valence-electron chi connectivity index (χ3n) is 3.30. The fraction of sp³-hybridized carbons (Fsp3) is 0.846. The van der Waals surface area contributed by atoms with Gasteiger partial charge in [0, 0.05) is 20.1 Å². The second kappa shape index (κ2) is 8.12. The number of hydrogen-bond acceptors (Lipinski definition) is 5. The van der Waals surface area contributed by atoms with Crippen molar-refractivity contribution in [3.8, 4) is 0 Å². The van der Waals surface area contributed by atoms with E-state index < -0.39 is 6.10 Å². The number of nitrogens with one attached hydrogen (secondary N) is 1. The molecule has 1 heterocycles. The Bertz CT molecular complexity index is 309. The lowest BCUT2D eigenvalue weighted by molar-refractivity contribution is -0.145. The Morgan fingerprint density at radius 1 is 1.53 bits per heavy atom. The molecule has 1 aliphatic rings. The Morgan fingerprint density at radius 2 is 2.26 bits per heavy atom. The first-order valence-corrected chi connectivity index (χ1v) is 6.84. The first kappa shape index (κ1) is 15.9. The van der Waals surface area contributed by atoms with Crippen LogP contribution in [0.1, 0.15) is 26.2 Å². The molecule has 0 saturated carbocycles. The van der Waals surface area contributed by atoms with Crippen molar-refractivity contribution in [2.75, 3.05) is 33.3 Å². The maximum Gasteiger partial charge on any atom is 0.308 e. The number of carbonyl (C=O) groups is 2. The largest absolute Gasteiger partial charge is 0.466 e. The lowest BCUT2D eigenvalue weighted by Gasteiger charge is -2.32. The van der Waals surface area contributed by atoms with Gasteiger partial charge in [-0.25, -0.2) is 0 Å². The highest BCUT2D eigenvalue weighted by Gasteiger charge is 2.26. The summed E-state index contributed by atoms with van der Waals surface area (Å²) >= 11 is 0. The smallest absolute Gasteiger partial charge is 0.308 e. The Morgan fingerprint density at radius 3 is 2.89 bits per heavy atom. The topological polar surface area (TPSA) is 78.9 Å². The Kier molecular flexibility index (Phi) is 6.80. The highest BCUT2D eigenvalue weighted by Crippen LogP contribution is 2.17. The average Bonchev–Trinajstić information content (AvgIpc) is 2.38. The van der Waals surface area contributed by atoms with Crippen LogP contribution >= 0.6 is 0 Å². The summed E-state index contributed by atoms with van der Waals surface area (Å²) in [6.07, 6.45) is 1.09. The molecule has 1 rings (SSSR count). The molecular weight excluding hydrogens is 248 g/mol. The van der Waals surface area contributed by atoms with Gasteiger partial charge in [0.2, 0.25) is 5.91 Å². The molecule has 1 fully saturated rings. The van der Waals surface area contributed by atoms with Gasteiger partial charge in [0.15, 0.2) is 0 Å². The SMILES string of the molecule is CCOC(=O)CC(O)CN1CCCC(C(=O)NC)C1. The maximum absolute atomic E-state index is 11.6. The number of amides is 1. The number of nitrogens with zero attached hydrogens (tertiary/aromatic N) is 1. The molecule has 2 atom stereocenters. The quantitative estimate of drug-likeness (QED) is 0.652. The zero-order chi connectivity index (χ0) is 14.3. The van der Waals surface area contributed by atoms with E-state index in [0.717, 1.165) is 19.4 Å². The molecule has 1 saturated heterocycles. The molecule has 110 valence electrons. The fourth-order valence-electron chi connectivity index (χ4n) is 2.41. The number of hydrogen-bond donors (Lipinski definition) is 2. The van der Waals surface area contributed by atoms with Crippen LogP contribution in [0.15, 0.2) is 0 Å². The Balaban J connectivity index is 2.35. The van der Waals surface area contributed by atoms with Crippen molar-refractivity contribution in [2.24, 2.45) is 5.92 Å². The van der Waals surface area contributed by atoms with Gasteiger partial charge in [0.1, 0.15) is 0 Å². The average molecular weight is 272 g/mol. The minimum absolute atomic E-state index is 0.00891. The van der Waals surface area contributed by atoms with E-state index in [1.807, 2.05) is 4.90 Å². The number of esters is 1.